The fourth-order valence-electron chi connectivity index (χ4n) is 1.15. The molecule has 0 aliphatic rings. The lowest BCUT2D eigenvalue weighted by Crippen LogP contribution is -2.20. The van der Waals surface area contributed by atoms with Gasteiger partial charge in [-0.25, -0.2) is 9.59 Å². The summed E-state index contributed by atoms with van der Waals surface area (Å²) in [7, 11) is 0. The molecule has 1 aromatic heterocycles. The Hall–Kier alpha value is -2.17. The van der Waals surface area contributed by atoms with Crippen molar-refractivity contribution in [3.8, 4) is 0 Å². The maximum atomic E-state index is 11.7. The van der Waals surface area contributed by atoms with Crippen LogP contribution in [0.2, 0.25) is 0 Å². The van der Waals surface area contributed by atoms with Crippen molar-refractivity contribution in [2.24, 2.45) is 0 Å². The fourth-order valence-corrected chi connectivity index (χ4v) is 1.15. The number of carbonyl (C=O) groups is 2. The second kappa shape index (κ2) is 6.54. The third-order valence-electron chi connectivity index (χ3n) is 2.31. The van der Waals surface area contributed by atoms with E-state index in [-0.39, 0.29) is 6.10 Å². The zero-order chi connectivity index (χ0) is 13.5. The summed E-state index contributed by atoms with van der Waals surface area (Å²) in [5.74, 6) is -2.17. The molecular weight excluding hydrogens is 234 g/mol. The lowest BCUT2D eigenvalue weighted by atomic mass is 10.2. The summed E-state index contributed by atoms with van der Waals surface area (Å²) in [4.78, 5) is 26.6. The number of carboxylic acids is 1. The maximum absolute atomic E-state index is 11.7. The van der Waals surface area contributed by atoms with E-state index in [1.807, 2.05) is 6.92 Å². The summed E-state index contributed by atoms with van der Waals surface area (Å²) >= 11 is 0. The molecule has 1 unspecified atom stereocenters. The molecule has 1 atom stereocenters. The SMILES string of the molecule is CCC(C)OC(=O)C(=Cc1ccccn1)C(=O)O. The largest absolute Gasteiger partial charge is 0.477 e. The van der Waals surface area contributed by atoms with Crippen LogP contribution in [-0.2, 0) is 14.3 Å². The molecule has 0 saturated carbocycles. The number of nitrogens with zero attached hydrogens (tertiary/aromatic N) is 1. The van der Waals surface area contributed by atoms with Crippen LogP contribution < -0.4 is 0 Å². The van der Waals surface area contributed by atoms with Crippen LogP contribution in [0, 0.1) is 0 Å². The number of carbonyl (C=O) groups excluding carboxylic acids is 1. The first kappa shape index (κ1) is 13.9. The Morgan fingerprint density at radius 1 is 1.50 bits per heavy atom. The van der Waals surface area contributed by atoms with Gasteiger partial charge in [-0.05, 0) is 31.6 Å². The predicted octanol–water partition coefficient (Wildman–Crippen LogP) is 1.89. The molecule has 0 amide bonds. The Morgan fingerprint density at radius 2 is 2.22 bits per heavy atom. The van der Waals surface area contributed by atoms with Gasteiger partial charge < -0.3 is 9.84 Å². The van der Waals surface area contributed by atoms with E-state index in [0.29, 0.717) is 12.1 Å². The predicted molar refractivity (Wildman–Crippen MR) is 65.7 cm³/mol. The summed E-state index contributed by atoms with van der Waals surface area (Å²) < 4.78 is 4.98. The van der Waals surface area contributed by atoms with E-state index in [9.17, 15) is 9.59 Å². The number of aliphatic carboxylic acids is 1. The van der Waals surface area contributed by atoms with Crippen molar-refractivity contribution < 1.29 is 19.4 Å². The first-order chi connectivity index (χ1) is 8.54. The van der Waals surface area contributed by atoms with Gasteiger partial charge in [0.25, 0.3) is 0 Å². The molecule has 0 radical (unpaired) electrons. The zero-order valence-corrected chi connectivity index (χ0v) is 10.3. The fraction of sp³-hybridized carbons (Fsp3) is 0.308. The first-order valence-electron chi connectivity index (χ1n) is 5.61. The molecule has 0 fully saturated rings. The Kier molecular flexibility index (Phi) is 5.05. The number of aromatic nitrogens is 1. The Morgan fingerprint density at radius 3 is 2.72 bits per heavy atom. The van der Waals surface area contributed by atoms with Crippen LogP contribution in [0.3, 0.4) is 0 Å². The maximum Gasteiger partial charge on any atom is 0.345 e. The van der Waals surface area contributed by atoms with Crippen molar-refractivity contribution >= 4 is 18.0 Å². The zero-order valence-electron chi connectivity index (χ0n) is 10.3. The van der Waals surface area contributed by atoms with E-state index in [0.717, 1.165) is 0 Å². The second-order valence-electron chi connectivity index (χ2n) is 3.74. The van der Waals surface area contributed by atoms with Crippen LogP contribution in [-0.4, -0.2) is 28.1 Å². The van der Waals surface area contributed by atoms with E-state index >= 15 is 0 Å². The van der Waals surface area contributed by atoms with Gasteiger partial charge >= 0.3 is 11.9 Å². The van der Waals surface area contributed by atoms with Gasteiger partial charge in [-0.15, -0.1) is 0 Å². The summed E-state index contributed by atoms with van der Waals surface area (Å²) in [6.45, 7) is 3.55. The molecule has 5 heteroatoms. The van der Waals surface area contributed by atoms with Gasteiger partial charge in [-0.3, -0.25) is 4.98 Å². The molecule has 0 saturated heterocycles. The number of ether oxygens (including phenoxy) is 1. The van der Waals surface area contributed by atoms with Gasteiger partial charge in [-0.1, -0.05) is 13.0 Å². The second-order valence-corrected chi connectivity index (χ2v) is 3.74. The lowest BCUT2D eigenvalue weighted by molar-refractivity contribution is -0.147. The number of pyridine rings is 1. The van der Waals surface area contributed by atoms with E-state index in [1.54, 1.807) is 25.1 Å². The van der Waals surface area contributed by atoms with E-state index < -0.39 is 17.5 Å². The van der Waals surface area contributed by atoms with Crippen molar-refractivity contribution in [2.75, 3.05) is 0 Å². The van der Waals surface area contributed by atoms with Crippen molar-refractivity contribution in [3.63, 3.8) is 0 Å². The van der Waals surface area contributed by atoms with Crippen LogP contribution in [0.1, 0.15) is 26.0 Å². The van der Waals surface area contributed by atoms with Crippen molar-refractivity contribution in [2.45, 2.75) is 26.4 Å². The standard InChI is InChI=1S/C13H15NO4/c1-3-9(2)18-13(17)11(12(15)16)8-10-6-4-5-7-14-10/h4-9H,3H2,1-2H3,(H,15,16). The Labute approximate surface area is 105 Å². The van der Waals surface area contributed by atoms with E-state index in [4.69, 9.17) is 9.84 Å². The smallest absolute Gasteiger partial charge is 0.345 e. The van der Waals surface area contributed by atoms with Gasteiger partial charge in [0.15, 0.2) is 0 Å². The third-order valence-corrected chi connectivity index (χ3v) is 2.31. The summed E-state index contributed by atoms with van der Waals surface area (Å²) in [5, 5.41) is 8.99. The van der Waals surface area contributed by atoms with Crippen LogP contribution in [0.4, 0.5) is 0 Å². The first-order valence-corrected chi connectivity index (χ1v) is 5.61. The highest BCUT2D eigenvalue weighted by Gasteiger charge is 2.20. The molecule has 96 valence electrons. The molecule has 1 rings (SSSR count). The van der Waals surface area contributed by atoms with Crippen molar-refractivity contribution in [1.29, 1.82) is 0 Å². The minimum atomic E-state index is -1.33. The highest BCUT2D eigenvalue weighted by atomic mass is 16.5. The highest BCUT2D eigenvalue weighted by Crippen LogP contribution is 2.09. The molecule has 0 spiro atoms. The number of carboxylic acid groups (broad SMARTS) is 1. The van der Waals surface area contributed by atoms with Crippen LogP contribution in [0.5, 0.6) is 0 Å². The normalized spacial score (nSPS) is 12.9. The van der Waals surface area contributed by atoms with Gasteiger partial charge in [0.1, 0.15) is 5.57 Å². The molecule has 0 aromatic carbocycles. The lowest BCUT2D eigenvalue weighted by Gasteiger charge is -2.10. The van der Waals surface area contributed by atoms with Crippen LogP contribution in [0.15, 0.2) is 30.0 Å². The minimum absolute atomic E-state index is 0.316. The topological polar surface area (TPSA) is 76.5 Å². The van der Waals surface area contributed by atoms with E-state index in [1.165, 1.54) is 12.3 Å². The number of hydrogen-bond donors (Lipinski definition) is 1. The highest BCUT2D eigenvalue weighted by molar-refractivity contribution is 6.16. The molecule has 0 aliphatic carbocycles. The van der Waals surface area contributed by atoms with Crippen LogP contribution >= 0.6 is 0 Å². The number of hydrogen-bond acceptors (Lipinski definition) is 4. The monoisotopic (exact) mass is 249 g/mol. The Balaban J connectivity index is 2.93. The Bertz CT molecular complexity index is 453. The number of rotatable bonds is 5. The molecule has 18 heavy (non-hydrogen) atoms. The average molecular weight is 249 g/mol. The average Bonchev–Trinajstić information content (AvgIpc) is 2.36. The van der Waals surface area contributed by atoms with Gasteiger partial charge in [0.2, 0.25) is 0 Å². The molecule has 1 heterocycles. The molecule has 0 bridgehead atoms. The molecule has 0 aliphatic heterocycles. The number of esters is 1. The summed E-state index contributed by atoms with van der Waals surface area (Å²) in [5.41, 5.74) is -0.0231. The summed E-state index contributed by atoms with van der Waals surface area (Å²) in [6, 6.07) is 5.02. The van der Waals surface area contributed by atoms with Gasteiger partial charge in [0, 0.05) is 6.20 Å². The molecule has 5 nitrogen and oxygen atoms in total. The molecule has 1 N–H and O–H groups in total. The third kappa shape index (κ3) is 4.01. The van der Waals surface area contributed by atoms with Crippen molar-refractivity contribution in [1.82, 2.24) is 4.98 Å². The minimum Gasteiger partial charge on any atom is -0.477 e. The summed E-state index contributed by atoms with van der Waals surface area (Å²) in [6.07, 6.45) is 3.03. The van der Waals surface area contributed by atoms with Crippen molar-refractivity contribution in [3.05, 3.63) is 35.7 Å². The van der Waals surface area contributed by atoms with E-state index in [2.05, 4.69) is 4.98 Å². The van der Waals surface area contributed by atoms with Gasteiger partial charge in [0.05, 0.1) is 11.8 Å². The quantitative estimate of drug-likeness (QED) is 0.373. The van der Waals surface area contributed by atoms with Crippen LogP contribution in [0.25, 0.3) is 6.08 Å². The molecular formula is C13H15NO4. The molecule has 1 aromatic rings. The van der Waals surface area contributed by atoms with Gasteiger partial charge in [-0.2, -0.15) is 0 Å².